The van der Waals surface area contributed by atoms with Crippen molar-refractivity contribution < 1.29 is 8.81 Å². The normalized spacial score (nSPS) is 10.9. The van der Waals surface area contributed by atoms with Crippen molar-refractivity contribution in [1.29, 1.82) is 0 Å². The van der Waals surface area contributed by atoms with E-state index in [-0.39, 0.29) is 5.82 Å². The minimum absolute atomic E-state index is 0.187. The molecule has 0 fully saturated rings. The molecule has 0 saturated carbocycles. The zero-order valence-electron chi connectivity index (χ0n) is 9.19. The van der Waals surface area contributed by atoms with Crippen molar-refractivity contribution >= 4 is 11.0 Å². The molecule has 2 heteroatoms. The van der Waals surface area contributed by atoms with Crippen LogP contribution in [0.25, 0.3) is 11.0 Å². The molecule has 0 amide bonds. The maximum absolute atomic E-state index is 13.5. The van der Waals surface area contributed by atoms with Gasteiger partial charge in [-0.05, 0) is 23.8 Å². The van der Waals surface area contributed by atoms with Gasteiger partial charge in [0.1, 0.15) is 17.2 Å². The second-order valence-electron chi connectivity index (χ2n) is 4.02. The Morgan fingerprint density at radius 3 is 2.53 bits per heavy atom. The van der Waals surface area contributed by atoms with Crippen molar-refractivity contribution in [3.8, 4) is 0 Å². The molecule has 1 aromatic heterocycles. The summed E-state index contributed by atoms with van der Waals surface area (Å²) >= 11 is 0. The molecule has 2 aromatic carbocycles. The number of fused-ring (bicyclic) bond motifs is 1. The fourth-order valence-corrected chi connectivity index (χ4v) is 1.95. The van der Waals surface area contributed by atoms with Crippen LogP contribution in [0.15, 0.2) is 59.0 Å². The van der Waals surface area contributed by atoms with Crippen molar-refractivity contribution in [2.45, 2.75) is 6.42 Å². The quantitative estimate of drug-likeness (QED) is 0.639. The average Bonchev–Trinajstić information content (AvgIpc) is 2.74. The number of hydrogen-bond acceptors (Lipinski definition) is 1. The van der Waals surface area contributed by atoms with Gasteiger partial charge in [0.25, 0.3) is 0 Å². The standard InChI is InChI=1S/C15H11FO/c16-14-7-3-1-5-11(14)9-13-10-12-6-2-4-8-15(12)17-13/h1-8,10H,9H2. The van der Waals surface area contributed by atoms with Gasteiger partial charge in [-0.2, -0.15) is 0 Å². The van der Waals surface area contributed by atoms with E-state index >= 15 is 0 Å². The van der Waals surface area contributed by atoms with E-state index in [0.717, 1.165) is 16.7 Å². The van der Waals surface area contributed by atoms with Crippen LogP contribution in [0.2, 0.25) is 0 Å². The van der Waals surface area contributed by atoms with E-state index in [9.17, 15) is 4.39 Å². The molecular weight excluding hydrogens is 215 g/mol. The van der Waals surface area contributed by atoms with Gasteiger partial charge in [0.2, 0.25) is 0 Å². The molecule has 84 valence electrons. The van der Waals surface area contributed by atoms with E-state index in [4.69, 9.17) is 4.42 Å². The van der Waals surface area contributed by atoms with Crippen LogP contribution in [-0.2, 0) is 6.42 Å². The Morgan fingerprint density at radius 2 is 1.71 bits per heavy atom. The third-order valence-electron chi connectivity index (χ3n) is 2.80. The second-order valence-corrected chi connectivity index (χ2v) is 4.02. The molecule has 0 saturated heterocycles. The average molecular weight is 226 g/mol. The van der Waals surface area contributed by atoms with Crippen molar-refractivity contribution in [3.05, 3.63) is 71.7 Å². The molecule has 3 aromatic rings. The van der Waals surface area contributed by atoms with Crippen LogP contribution in [0.4, 0.5) is 4.39 Å². The molecule has 0 aliphatic rings. The Morgan fingerprint density at radius 1 is 0.941 bits per heavy atom. The molecular formula is C15H11FO. The summed E-state index contributed by atoms with van der Waals surface area (Å²) in [6, 6.07) is 16.5. The highest BCUT2D eigenvalue weighted by atomic mass is 19.1. The predicted molar refractivity (Wildman–Crippen MR) is 65.4 cm³/mol. The number of rotatable bonds is 2. The van der Waals surface area contributed by atoms with Crippen molar-refractivity contribution in [1.82, 2.24) is 0 Å². The summed E-state index contributed by atoms with van der Waals surface area (Å²) < 4.78 is 19.1. The highest BCUT2D eigenvalue weighted by molar-refractivity contribution is 5.77. The summed E-state index contributed by atoms with van der Waals surface area (Å²) in [5.74, 6) is 0.601. The van der Waals surface area contributed by atoms with Gasteiger partial charge in [-0.15, -0.1) is 0 Å². The highest BCUT2D eigenvalue weighted by Crippen LogP contribution is 2.21. The molecule has 0 aliphatic heterocycles. The van der Waals surface area contributed by atoms with E-state index in [1.807, 2.05) is 36.4 Å². The molecule has 0 atom stereocenters. The van der Waals surface area contributed by atoms with E-state index < -0.39 is 0 Å². The van der Waals surface area contributed by atoms with Gasteiger partial charge in [0.15, 0.2) is 0 Å². The van der Waals surface area contributed by atoms with Gasteiger partial charge in [-0.1, -0.05) is 36.4 Å². The number of para-hydroxylation sites is 1. The van der Waals surface area contributed by atoms with E-state index in [0.29, 0.717) is 12.0 Å². The molecule has 0 unspecified atom stereocenters. The Kier molecular flexibility index (Phi) is 2.41. The molecule has 3 rings (SSSR count). The van der Waals surface area contributed by atoms with Gasteiger partial charge in [-0.25, -0.2) is 4.39 Å². The lowest BCUT2D eigenvalue weighted by Gasteiger charge is -1.99. The number of halogens is 1. The summed E-state index contributed by atoms with van der Waals surface area (Å²) in [4.78, 5) is 0. The molecule has 1 heterocycles. The maximum Gasteiger partial charge on any atom is 0.134 e. The fourth-order valence-electron chi connectivity index (χ4n) is 1.95. The molecule has 0 radical (unpaired) electrons. The first-order chi connectivity index (χ1) is 8.33. The molecule has 0 bridgehead atoms. The topological polar surface area (TPSA) is 13.1 Å². The van der Waals surface area contributed by atoms with E-state index in [1.165, 1.54) is 6.07 Å². The van der Waals surface area contributed by atoms with Crippen LogP contribution >= 0.6 is 0 Å². The van der Waals surface area contributed by atoms with Gasteiger partial charge in [0.05, 0.1) is 0 Å². The Bertz CT molecular complexity index is 622. The van der Waals surface area contributed by atoms with Crippen molar-refractivity contribution in [2.75, 3.05) is 0 Å². The van der Waals surface area contributed by atoms with Crippen LogP contribution in [0, 0.1) is 5.82 Å². The highest BCUT2D eigenvalue weighted by Gasteiger charge is 2.06. The molecule has 17 heavy (non-hydrogen) atoms. The van der Waals surface area contributed by atoms with Crippen LogP contribution in [0.3, 0.4) is 0 Å². The SMILES string of the molecule is Fc1ccccc1Cc1cc2ccccc2o1. The summed E-state index contributed by atoms with van der Waals surface area (Å²) in [5.41, 5.74) is 1.50. The zero-order valence-corrected chi connectivity index (χ0v) is 9.19. The Labute approximate surface area is 98.5 Å². The first kappa shape index (κ1) is 10.1. The Hall–Kier alpha value is -2.09. The zero-order chi connectivity index (χ0) is 11.7. The second kappa shape index (κ2) is 4.06. The summed E-state index contributed by atoms with van der Waals surface area (Å²) in [7, 11) is 0. The molecule has 0 N–H and O–H groups in total. The smallest absolute Gasteiger partial charge is 0.134 e. The van der Waals surface area contributed by atoms with Gasteiger partial charge in [-0.3, -0.25) is 0 Å². The van der Waals surface area contributed by atoms with Crippen LogP contribution in [0.1, 0.15) is 11.3 Å². The summed E-state index contributed by atoms with van der Waals surface area (Å²) in [5, 5.41) is 1.05. The van der Waals surface area contributed by atoms with Crippen LogP contribution in [0.5, 0.6) is 0 Å². The molecule has 0 aliphatic carbocycles. The largest absolute Gasteiger partial charge is 0.461 e. The third kappa shape index (κ3) is 1.94. The number of furan rings is 1. The third-order valence-corrected chi connectivity index (χ3v) is 2.80. The lowest BCUT2D eigenvalue weighted by atomic mass is 10.1. The number of hydrogen-bond donors (Lipinski definition) is 0. The van der Waals surface area contributed by atoms with E-state index in [2.05, 4.69) is 0 Å². The minimum atomic E-state index is -0.187. The lowest BCUT2D eigenvalue weighted by Crippen LogP contribution is -1.89. The van der Waals surface area contributed by atoms with Gasteiger partial charge in [0, 0.05) is 11.8 Å². The molecule has 0 spiro atoms. The number of benzene rings is 2. The van der Waals surface area contributed by atoms with Gasteiger partial charge >= 0.3 is 0 Å². The van der Waals surface area contributed by atoms with Crippen molar-refractivity contribution in [3.63, 3.8) is 0 Å². The Balaban J connectivity index is 1.98. The molecule has 1 nitrogen and oxygen atoms in total. The monoisotopic (exact) mass is 226 g/mol. The lowest BCUT2D eigenvalue weighted by molar-refractivity contribution is 0.551. The first-order valence-electron chi connectivity index (χ1n) is 5.54. The summed E-state index contributed by atoms with van der Waals surface area (Å²) in [6.45, 7) is 0. The van der Waals surface area contributed by atoms with E-state index in [1.54, 1.807) is 12.1 Å². The van der Waals surface area contributed by atoms with Gasteiger partial charge < -0.3 is 4.42 Å². The van der Waals surface area contributed by atoms with Crippen LogP contribution < -0.4 is 0 Å². The maximum atomic E-state index is 13.5. The van der Waals surface area contributed by atoms with Crippen LogP contribution in [-0.4, -0.2) is 0 Å². The predicted octanol–water partition coefficient (Wildman–Crippen LogP) is 4.16. The minimum Gasteiger partial charge on any atom is -0.461 e. The van der Waals surface area contributed by atoms with Crippen molar-refractivity contribution in [2.24, 2.45) is 0 Å². The first-order valence-corrected chi connectivity index (χ1v) is 5.54. The fraction of sp³-hybridized carbons (Fsp3) is 0.0667. The summed E-state index contributed by atoms with van der Waals surface area (Å²) in [6.07, 6.45) is 0.487.